The maximum atomic E-state index is 12.5. The number of benzene rings is 1. The van der Waals surface area contributed by atoms with Crippen molar-refractivity contribution in [3.8, 4) is 5.75 Å². The Balaban J connectivity index is 1.48. The first kappa shape index (κ1) is 12.4. The quantitative estimate of drug-likeness (QED) is 0.502. The Bertz CT molecular complexity index is 607. The smallest absolute Gasteiger partial charge is 0.235 e. The summed E-state index contributed by atoms with van der Waals surface area (Å²) in [4.78, 5) is 26.2. The highest BCUT2D eigenvalue weighted by Gasteiger charge is 2.59. The van der Waals surface area contributed by atoms with Crippen LogP contribution in [0.25, 0.3) is 0 Å². The number of hydrogen-bond acceptors (Lipinski definition) is 4. The van der Waals surface area contributed by atoms with Gasteiger partial charge in [0.25, 0.3) is 0 Å². The van der Waals surface area contributed by atoms with Gasteiger partial charge in [-0.1, -0.05) is 12.2 Å². The average molecular weight is 284 g/mol. The summed E-state index contributed by atoms with van der Waals surface area (Å²) in [6.07, 6.45) is 5.13. The highest BCUT2D eigenvalue weighted by molar-refractivity contribution is 6.06. The third kappa shape index (κ3) is 1.77. The first-order valence-corrected chi connectivity index (χ1v) is 7.21. The van der Waals surface area contributed by atoms with Crippen LogP contribution in [0.2, 0.25) is 0 Å². The number of carbonyl (C=O) groups is 2. The number of amides is 2. The van der Waals surface area contributed by atoms with Crippen LogP contribution in [0.1, 0.15) is 6.42 Å². The van der Waals surface area contributed by atoms with Crippen LogP contribution in [0.4, 0.5) is 5.69 Å². The molecule has 2 aliphatic carbocycles. The van der Waals surface area contributed by atoms with Crippen LogP contribution >= 0.6 is 0 Å². The molecule has 4 atom stereocenters. The fourth-order valence-corrected chi connectivity index (χ4v) is 3.87. The van der Waals surface area contributed by atoms with Crippen molar-refractivity contribution >= 4 is 17.5 Å². The molecular formula is C16H16N2O3. The zero-order valence-corrected chi connectivity index (χ0v) is 11.4. The molecule has 5 nitrogen and oxygen atoms in total. The van der Waals surface area contributed by atoms with E-state index in [1.165, 1.54) is 4.90 Å². The molecule has 1 heterocycles. The van der Waals surface area contributed by atoms with Crippen molar-refractivity contribution < 1.29 is 14.7 Å². The van der Waals surface area contributed by atoms with Crippen LogP contribution in [0.15, 0.2) is 36.4 Å². The van der Waals surface area contributed by atoms with Crippen LogP contribution in [0, 0.1) is 23.7 Å². The van der Waals surface area contributed by atoms with Gasteiger partial charge in [-0.3, -0.25) is 14.5 Å². The monoisotopic (exact) mass is 284 g/mol. The zero-order valence-electron chi connectivity index (χ0n) is 11.4. The predicted octanol–water partition coefficient (Wildman–Crippen LogP) is 1.57. The van der Waals surface area contributed by atoms with Crippen molar-refractivity contribution in [1.29, 1.82) is 0 Å². The van der Waals surface area contributed by atoms with Gasteiger partial charge in [0.05, 0.1) is 18.5 Å². The summed E-state index contributed by atoms with van der Waals surface area (Å²) in [6.45, 7) is 0.189. The number of likely N-dealkylation sites (tertiary alicyclic amines) is 1. The van der Waals surface area contributed by atoms with Crippen molar-refractivity contribution in [2.24, 2.45) is 23.7 Å². The first-order chi connectivity index (χ1) is 10.1. The van der Waals surface area contributed by atoms with E-state index >= 15 is 0 Å². The summed E-state index contributed by atoms with van der Waals surface area (Å²) in [7, 11) is 0. The molecular weight excluding hydrogens is 268 g/mol. The molecule has 2 N–H and O–H groups in total. The Morgan fingerprint density at radius 2 is 1.62 bits per heavy atom. The second kappa shape index (κ2) is 4.35. The summed E-state index contributed by atoms with van der Waals surface area (Å²) in [5, 5.41) is 12.3. The normalized spacial score (nSPS) is 32.9. The van der Waals surface area contributed by atoms with Gasteiger partial charge in [-0.05, 0) is 42.5 Å². The molecule has 1 saturated carbocycles. The number of imide groups is 1. The first-order valence-electron chi connectivity index (χ1n) is 7.21. The molecule has 1 saturated heterocycles. The summed E-state index contributed by atoms with van der Waals surface area (Å²) in [6, 6.07) is 6.56. The second-order valence-corrected chi connectivity index (χ2v) is 5.99. The lowest BCUT2D eigenvalue weighted by atomic mass is 9.85. The number of fused-ring (bicyclic) bond motifs is 5. The number of nitrogens with zero attached hydrogens (tertiary/aromatic N) is 1. The fourth-order valence-electron chi connectivity index (χ4n) is 3.87. The largest absolute Gasteiger partial charge is 0.508 e. The van der Waals surface area contributed by atoms with Crippen LogP contribution in [-0.4, -0.2) is 28.5 Å². The van der Waals surface area contributed by atoms with Crippen LogP contribution < -0.4 is 5.32 Å². The number of allylic oxidation sites excluding steroid dienone is 2. The minimum Gasteiger partial charge on any atom is -0.508 e. The van der Waals surface area contributed by atoms with Gasteiger partial charge >= 0.3 is 0 Å². The van der Waals surface area contributed by atoms with Crippen LogP contribution in [0.3, 0.4) is 0 Å². The number of nitrogens with one attached hydrogen (secondary N) is 1. The van der Waals surface area contributed by atoms with E-state index in [1.807, 2.05) is 0 Å². The third-order valence-corrected chi connectivity index (χ3v) is 4.87. The lowest BCUT2D eigenvalue weighted by Gasteiger charge is -2.18. The third-order valence-electron chi connectivity index (χ3n) is 4.87. The van der Waals surface area contributed by atoms with E-state index in [2.05, 4.69) is 17.5 Å². The number of rotatable bonds is 3. The number of anilines is 1. The van der Waals surface area contributed by atoms with E-state index < -0.39 is 0 Å². The molecule has 2 fully saturated rings. The van der Waals surface area contributed by atoms with E-state index in [4.69, 9.17) is 0 Å². The SMILES string of the molecule is O=C1[C@@H]2[C@H](C(=O)N1CNc1ccc(O)cc1)[C@H]1C=C[C@@H]2C1. The maximum Gasteiger partial charge on any atom is 0.235 e. The van der Waals surface area contributed by atoms with E-state index in [0.29, 0.717) is 0 Å². The average Bonchev–Trinajstić information content (AvgIpc) is 3.14. The summed E-state index contributed by atoms with van der Waals surface area (Å²) < 4.78 is 0. The Labute approximate surface area is 122 Å². The zero-order chi connectivity index (χ0) is 14.6. The topological polar surface area (TPSA) is 69.6 Å². The van der Waals surface area contributed by atoms with Gasteiger partial charge in [0, 0.05) is 5.69 Å². The lowest BCUT2D eigenvalue weighted by molar-refractivity contribution is -0.140. The summed E-state index contributed by atoms with van der Waals surface area (Å²) in [5.41, 5.74) is 0.770. The minimum atomic E-state index is -0.144. The molecule has 3 aliphatic rings. The van der Waals surface area contributed by atoms with Gasteiger partial charge < -0.3 is 10.4 Å². The van der Waals surface area contributed by atoms with Crippen molar-refractivity contribution in [1.82, 2.24) is 4.90 Å². The number of aromatic hydroxyl groups is 1. The van der Waals surface area contributed by atoms with Crippen LogP contribution in [0.5, 0.6) is 5.75 Å². The molecule has 5 heteroatoms. The lowest BCUT2D eigenvalue weighted by Crippen LogP contribution is -2.37. The van der Waals surface area contributed by atoms with Crippen molar-refractivity contribution in [2.45, 2.75) is 6.42 Å². The molecule has 1 aliphatic heterocycles. The molecule has 0 unspecified atom stereocenters. The second-order valence-electron chi connectivity index (χ2n) is 5.99. The molecule has 1 aromatic carbocycles. The Morgan fingerprint density at radius 3 is 2.19 bits per heavy atom. The van der Waals surface area contributed by atoms with Gasteiger partial charge in [0.2, 0.25) is 11.8 Å². The predicted molar refractivity (Wildman–Crippen MR) is 76.2 cm³/mol. The Morgan fingerprint density at radius 1 is 1.05 bits per heavy atom. The number of phenolic OH excluding ortho intramolecular Hbond substituents is 1. The standard InChI is InChI=1S/C16H16N2O3/c19-12-5-3-11(4-6-12)17-8-18-15(20)13-9-1-2-10(7-9)14(13)16(18)21/h1-6,9-10,13-14,17,19H,7-8H2/t9-,10+,13+,14-. The van der Waals surface area contributed by atoms with E-state index in [-0.39, 0.29) is 47.9 Å². The van der Waals surface area contributed by atoms with E-state index in [1.54, 1.807) is 24.3 Å². The van der Waals surface area contributed by atoms with Gasteiger partial charge in [-0.15, -0.1) is 0 Å². The molecule has 2 amide bonds. The Kier molecular flexibility index (Phi) is 2.58. The van der Waals surface area contributed by atoms with Gasteiger partial charge in [0.1, 0.15) is 5.75 Å². The Hall–Kier alpha value is -2.30. The molecule has 2 bridgehead atoms. The fraction of sp³-hybridized carbons (Fsp3) is 0.375. The molecule has 1 aromatic rings. The minimum absolute atomic E-state index is 0.0480. The van der Waals surface area contributed by atoms with Crippen molar-refractivity contribution in [2.75, 3.05) is 12.0 Å². The number of phenols is 1. The molecule has 4 rings (SSSR count). The molecule has 0 radical (unpaired) electrons. The van der Waals surface area contributed by atoms with Gasteiger partial charge in [-0.2, -0.15) is 0 Å². The molecule has 0 spiro atoms. The van der Waals surface area contributed by atoms with E-state index in [9.17, 15) is 14.7 Å². The highest BCUT2D eigenvalue weighted by Crippen LogP contribution is 2.52. The van der Waals surface area contributed by atoms with Crippen molar-refractivity contribution in [3.05, 3.63) is 36.4 Å². The molecule has 0 aromatic heterocycles. The highest BCUT2D eigenvalue weighted by atomic mass is 16.3. The number of carbonyl (C=O) groups excluding carboxylic acids is 2. The number of hydrogen-bond donors (Lipinski definition) is 2. The van der Waals surface area contributed by atoms with Crippen molar-refractivity contribution in [3.63, 3.8) is 0 Å². The van der Waals surface area contributed by atoms with Gasteiger partial charge in [0.15, 0.2) is 0 Å². The van der Waals surface area contributed by atoms with E-state index in [0.717, 1.165) is 12.1 Å². The van der Waals surface area contributed by atoms with Crippen LogP contribution in [-0.2, 0) is 9.59 Å². The summed E-state index contributed by atoms with van der Waals surface area (Å²) in [5.74, 6) is 0.292. The molecule has 21 heavy (non-hydrogen) atoms. The summed E-state index contributed by atoms with van der Waals surface area (Å²) >= 11 is 0. The van der Waals surface area contributed by atoms with Gasteiger partial charge in [-0.25, -0.2) is 0 Å². The molecule has 108 valence electrons. The maximum absolute atomic E-state index is 12.5.